The van der Waals surface area contributed by atoms with E-state index in [2.05, 4.69) is 25.3 Å². The first kappa shape index (κ1) is 17.7. The summed E-state index contributed by atoms with van der Waals surface area (Å²) in [5.41, 5.74) is -0.215. The Labute approximate surface area is 130 Å². The molecule has 1 atom stereocenters. The molecule has 0 aliphatic rings. The first-order valence-corrected chi connectivity index (χ1v) is 7.10. The van der Waals surface area contributed by atoms with Crippen LogP contribution in [0.4, 0.5) is 4.79 Å². The lowest BCUT2D eigenvalue weighted by Gasteiger charge is -2.10. The molecular formula is C12H16N4O5S. The molecule has 0 spiro atoms. The van der Waals surface area contributed by atoms with Crippen molar-refractivity contribution in [3.63, 3.8) is 0 Å². The second-order valence-electron chi connectivity index (χ2n) is 4.12. The van der Waals surface area contributed by atoms with Crippen LogP contribution >= 0.6 is 11.8 Å². The molecule has 9 nitrogen and oxygen atoms in total. The maximum atomic E-state index is 11.7. The maximum absolute atomic E-state index is 11.7. The number of thioether (sulfide) groups is 1. The summed E-state index contributed by atoms with van der Waals surface area (Å²) >= 11 is 0.956. The summed E-state index contributed by atoms with van der Waals surface area (Å²) in [4.78, 5) is 52.0. The van der Waals surface area contributed by atoms with E-state index in [9.17, 15) is 19.2 Å². The van der Waals surface area contributed by atoms with Gasteiger partial charge in [0.25, 0.3) is 5.56 Å². The number of nitrogens with one attached hydrogen (secondary N) is 3. The average molecular weight is 328 g/mol. The van der Waals surface area contributed by atoms with Crippen LogP contribution in [0.25, 0.3) is 0 Å². The zero-order chi connectivity index (χ0) is 16.7. The van der Waals surface area contributed by atoms with Gasteiger partial charge in [0.05, 0.1) is 24.5 Å². The fourth-order valence-electron chi connectivity index (χ4n) is 1.35. The molecule has 3 amide bonds. The van der Waals surface area contributed by atoms with Crippen molar-refractivity contribution in [2.75, 3.05) is 14.2 Å². The van der Waals surface area contributed by atoms with Gasteiger partial charge in [0.2, 0.25) is 5.91 Å². The Morgan fingerprint density at radius 3 is 2.73 bits per heavy atom. The Balaban J connectivity index is 2.80. The molecular weight excluding hydrogens is 312 g/mol. The monoisotopic (exact) mass is 328 g/mol. The first-order chi connectivity index (χ1) is 10.3. The van der Waals surface area contributed by atoms with Gasteiger partial charge in [-0.25, -0.2) is 9.78 Å². The number of rotatable bonds is 5. The maximum Gasteiger partial charge on any atom is 0.321 e. The number of esters is 1. The minimum absolute atomic E-state index is 0.146. The van der Waals surface area contributed by atoms with Gasteiger partial charge in [0.1, 0.15) is 0 Å². The highest BCUT2D eigenvalue weighted by Crippen LogP contribution is 2.18. The predicted octanol–water partition coefficient (Wildman–Crippen LogP) is -0.578. The minimum atomic E-state index is -0.672. The van der Waals surface area contributed by atoms with E-state index in [0.29, 0.717) is 0 Å². The van der Waals surface area contributed by atoms with Gasteiger partial charge in [-0.15, -0.1) is 0 Å². The molecule has 22 heavy (non-hydrogen) atoms. The van der Waals surface area contributed by atoms with Gasteiger partial charge in [0.15, 0.2) is 5.16 Å². The fourth-order valence-corrected chi connectivity index (χ4v) is 2.18. The summed E-state index contributed by atoms with van der Waals surface area (Å²) in [7, 11) is 2.62. The Bertz CT molecular complexity index is 630. The van der Waals surface area contributed by atoms with Crippen LogP contribution in [-0.4, -0.2) is 47.3 Å². The van der Waals surface area contributed by atoms with Crippen molar-refractivity contribution < 1.29 is 19.1 Å². The Morgan fingerprint density at radius 2 is 2.14 bits per heavy atom. The third-order valence-electron chi connectivity index (χ3n) is 2.45. The number of amides is 3. The standard InChI is InChI=1S/C12H16N4O5S/c1-6(10(19)16-11(20)13-2)22-12-14-7(4-8(17)15-12)5-9(18)21-3/h4,6H,5H2,1-3H3,(H,14,15,17)(H2,13,16,19,20)/t6-/m1/s1. The number of urea groups is 1. The molecule has 1 aromatic heterocycles. The number of nitrogens with zero attached hydrogens (tertiary/aromatic N) is 1. The third-order valence-corrected chi connectivity index (χ3v) is 3.43. The number of imide groups is 1. The highest BCUT2D eigenvalue weighted by Gasteiger charge is 2.18. The summed E-state index contributed by atoms with van der Waals surface area (Å²) in [6, 6.07) is 0.550. The van der Waals surface area contributed by atoms with E-state index in [1.54, 1.807) is 6.92 Å². The molecule has 0 aliphatic heterocycles. The van der Waals surface area contributed by atoms with E-state index in [1.165, 1.54) is 20.2 Å². The largest absolute Gasteiger partial charge is 0.469 e. The third kappa shape index (κ3) is 5.56. The van der Waals surface area contributed by atoms with Gasteiger partial charge in [-0.1, -0.05) is 11.8 Å². The van der Waals surface area contributed by atoms with Gasteiger partial charge in [-0.05, 0) is 6.92 Å². The zero-order valence-electron chi connectivity index (χ0n) is 12.3. The molecule has 0 bridgehead atoms. The molecule has 0 saturated carbocycles. The van der Waals surface area contributed by atoms with Crippen LogP contribution in [-0.2, 0) is 20.7 Å². The van der Waals surface area contributed by atoms with Gasteiger partial charge in [-0.3, -0.25) is 19.7 Å². The molecule has 1 heterocycles. The number of carbonyl (C=O) groups excluding carboxylic acids is 3. The Hall–Kier alpha value is -2.36. The van der Waals surface area contributed by atoms with Gasteiger partial charge < -0.3 is 15.0 Å². The van der Waals surface area contributed by atoms with E-state index < -0.39 is 28.7 Å². The number of aromatic amines is 1. The van der Waals surface area contributed by atoms with Crippen molar-refractivity contribution in [2.45, 2.75) is 23.8 Å². The molecule has 0 radical (unpaired) electrons. The SMILES string of the molecule is CNC(=O)NC(=O)[C@@H](C)Sc1nc(CC(=O)OC)cc(=O)[nH]1. The number of carbonyl (C=O) groups is 3. The fraction of sp³-hybridized carbons (Fsp3) is 0.417. The van der Waals surface area contributed by atoms with E-state index in [-0.39, 0.29) is 17.3 Å². The summed E-state index contributed by atoms with van der Waals surface area (Å²) < 4.78 is 4.50. The van der Waals surface area contributed by atoms with E-state index in [0.717, 1.165) is 11.8 Å². The normalized spacial score (nSPS) is 11.4. The van der Waals surface area contributed by atoms with Crippen LogP contribution in [0.5, 0.6) is 0 Å². The Kier molecular flexibility index (Phi) is 6.57. The van der Waals surface area contributed by atoms with Gasteiger partial charge >= 0.3 is 12.0 Å². The summed E-state index contributed by atoms with van der Waals surface area (Å²) in [6.45, 7) is 1.55. The molecule has 1 aromatic rings. The highest BCUT2D eigenvalue weighted by atomic mass is 32.2. The Morgan fingerprint density at radius 1 is 1.45 bits per heavy atom. The van der Waals surface area contributed by atoms with Crippen LogP contribution in [0.1, 0.15) is 12.6 Å². The van der Waals surface area contributed by atoms with E-state index in [4.69, 9.17) is 0 Å². The molecule has 1 rings (SSSR count). The van der Waals surface area contributed by atoms with Crippen molar-refractivity contribution in [3.05, 3.63) is 22.1 Å². The molecule has 10 heteroatoms. The van der Waals surface area contributed by atoms with Crippen LogP contribution in [0.3, 0.4) is 0 Å². The van der Waals surface area contributed by atoms with Crippen molar-refractivity contribution in [2.24, 2.45) is 0 Å². The molecule has 120 valence electrons. The second-order valence-corrected chi connectivity index (χ2v) is 5.45. The van der Waals surface area contributed by atoms with Crippen molar-refractivity contribution in [1.82, 2.24) is 20.6 Å². The zero-order valence-corrected chi connectivity index (χ0v) is 13.1. The van der Waals surface area contributed by atoms with Crippen LogP contribution in [0.2, 0.25) is 0 Å². The van der Waals surface area contributed by atoms with Crippen molar-refractivity contribution in [1.29, 1.82) is 0 Å². The summed E-state index contributed by atoms with van der Waals surface area (Å²) in [5.74, 6) is -1.06. The van der Waals surface area contributed by atoms with E-state index in [1.807, 2.05) is 0 Å². The molecule has 0 aliphatic carbocycles. The molecule has 0 unspecified atom stereocenters. The molecule has 3 N–H and O–H groups in total. The predicted molar refractivity (Wildman–Crippen MR) is 78.5 cm³/mol. The smallest absolute Gasteiger partial charge is 0.321 e. The highest BCUT2D eigenvalue weighted by molar-refractivity contribution is 8.00. The quantitative estimate of drug-likeness (QED) is 0.374. The van der Waals surface area contributed by atoms with E-state index >= 15 is 0 Å². The van der Waals surface area contributed by atoms with Crippen molar-refractivity contribution in [3.8, 4) is 0 Å². The van der Waals surface area contributed by atoms with Gasteiger partial charge in [-0.2, -0.15) is 0 Å². The molecule has 0 fully saturated rings. The lowest BCUT2D eigenvalue weighted by Crippen LogP contribution is -2.41. The number of hydrogen-bond acceptors (Lipinski definition) is 7. The molecule has 0 saturated heterocycles. The second kappa shape index (κ2) is 8.17. The topological polar surface area (TPSA) is 130 Å². The summed E-state index contributed by atoms with van der Waals surface area (Å²) in [5, 5.41) is 3.87. The van der Waals surface area contributed by atoms with Crippen molar-refractivity contribution >= 4 is 29.7 Å². The van der Waals surface area contributed by atoms with Crippen LogP contribution in [0, 0.1) is 0 Å². The van der Waals surface area contributed by atoms with Gasteiger partial charge in [0, 0.05) is 13.1 Å². The number of hydrogen-bond donors (Lipinski definition) is 3. The minimum Gasteiger partial charge on any atom is -0.469 e. The number of methoxy groups -OCH3 is 1. The number of H-pyrrole nitrogens is 1. The number of ether oxygens (including phenoxy) is 1. The van der Waals surface area contributed by atoms with Crippen LogP contribution in [0.15, 0.2) is 16.0 Å². The lowest BCUT2D eigenvalue weighted by molar-refractivity contribution is -0.139. The first-order valence-electron chi connectivity index (χ1n) is 6.22. The number of aromatic nitrogens is 2. The average Bonchev–Trinajstić information content (AvgIpc) is 2.46. The summed E-state index contributed by atoms with van der Waals surface area (Å²) in [6.07, 6.45) is -0.146. The van der Waals surface area contributed by atoms with Crippen LogP contribution < -0.4 is 16.2 Å². The molecule has 0 aromatic carbocycles. The lowest BCUT2D eigenvalue weighted by atomic mass is 10.3.